The van der Waals surface area contributed by atoms with Crippen LogP contribution in [0.3, 0.4) is 0 Å². The van der Waals surface area contributed by atoms with Crippen molar-refractivity contribution in [2.24, 2.45) is 0 Å². The number of β-amino-alcohol motifs (C(OH)–C–C–N with tert-alkyl or cyclic N) is 1. The van der Waals surface area contributed by atoms with Gasteiger partial charge in [-0.3, -0.25) is 9.69 Å². The van der Waals surface area contributed by atoms with Crippen molar-refractivity contribution in [1.82, 2.24) is 9.80 Å². The molecule has 1 atom stereocenters. The van der Waals surface area contributed by atoms with Crippen LogP contribution in [-0.4, -0.2) is 59.6 Å². The lowest BCUT2D eigenvalue weighted by Crippen LogP contribution is -2.50. The molecule has 0 spiro atoms. The molecule has 0 aromatic heterocycles. The van der Waals surface area contributed by atoms with Crippen LogP contribution in [0.15, 0.2) is 24.3 Å². The zero-order chi connectivity index (χ0) is 15.4. The van der Waals surface area contributed by atoms with E-state index < -0.39 is 0 Å². The number of aliphatic hydroxyl groups excluding tert-OH is 1. The Balaban J connectivity index is 1.78. The van der Waals surface area contributed by atoms with Gasteiger partial charge < -0.3 is 10.0 Å². The Morgan fingerprint density at radius 2 is 2.19 bits per heavy atom. The van der Waals surface area contributed by atoms with Gasteiger partial charge in [-0.15, -0.1) is 0 Å². The minimum atomic E-state index is -0.131. The van der Waals surface area contributed by atoms with Crippen molar-refractivity contribution in [3.63, 3.8) is 0 Å². The normalized spacial score (nSPS) is 17.3. The molecule has 1 saturated heterocycles. The summed E-state index contributed by atoms with van der Waals surface area (Å²) in [6.45, 7) is 6.70. The summed E-state index contributed by atoms with van der Waals surface area (Å²) in [5.41, 5.74) is 1.87. The standard InChI is InChI=1S/C17H26N2O2/c1-13-6-4-8-15(10-13)17(21)18(3)14(2)7-5-9-19-11-16(20)12-19/h4,6,8,10,14,16,20H,5,7,9,11-12H2,1-3H3. The number of hydrogen-bond donors (Lipinski definition) is 1. The number of carbonyl (C=O) groups excluding carboxylic acids is 1. The van der Waals surface area contributed by atoms with Gasteiger partial charge in [0.25, 0.3) is 5.91 Å². The second-order valence-electron chi connectivity index (χ2n) is 6.19. The number of benzene rings is 1. The van der Waals surface area contributed by atoms with Gasteiger partial charge in [0.2, 0.25) is 0 Å². The van der Waals surface area contributed by atoms with E-state index in [9.17, 15) is 9.90 Å². The summed E-state index contributed by atoms with van der Waals surface area (Å²) in [5.74, 6) is 0.0885. The third kappa shape index (κ3) is 4.29. The Morgan fingerprint density at radius 1 is 1.48 bits per heavy atom. The first-order valence-corrected chi connectivity index (χ1v) is 7.71. The van der Waals surface area contributed by atoms with Crippen LogP contribution in [0, 0.1) is 6.92 Å². The smallest absolute Gasteiger partial charge is 0.253 e. The highest BCUT2D eigenvalue weighted by Crippen LogP contribution is 2.14. The lowest BCUT2D eigenvalue weighted by molar-refractivity contribution is 0.000800. The predicted molar refractivity (Wildman–Crippen MR) is 84.4 cm³/mol. The number of hydrogen-bond acceptors (Lipinski definition) is 3. The first-order chi connectivity index (χ1) is 9.97. The van der Waals surface area contributed by atoms with Crippen LogP contribution in [0.4, 0.5) is 0 Å². The largest absolute Gasteiger partial charge is 0.390 e. The molecule has 1 aliphatic rings. The minimum Gasteiger partial charge on any atom is -0.390 e. The average molecular weight is 290 g/mol. The van der Waals surface area contributed by atoms with Crippen LogP contribution in [0.5, 0.6) is 0 Å². The number of aliphatic hydroxyl groups is 1. The molecule has 1 amide bonds. The number of amides is 1. The number of rotatable bonds is 6. The molecular weight excluding hydrogens is 264 g/mol. The summed E-state index contributed by atoms with van der Waals surface area (Å²) in [6, 6.07) is 7.97. The van der Waals surface area contributed by atoms with Crippen molar-refractivity contribution >= 4 is 5.91 Å². The fourth-order valence-corrected chi connectivity index (χ4v) is 2.71. The monoisotopic (exact) mass is 290 g/mol. The van der Waals surface area contributed by atoms with Gasteiger partial charge in [0, 0.05) is 31.7 Å². The molecule has 1 aromatic rings. The van der Waals surface area contributed by atoms with E-state index in [2.05, 4.69) is 11.8 Å². The molecule has 0 bridgehead atoms. The lowest BCUT2D eigenvalue weighted by Gasteiger charge is -2.36. The molecule has 0 radical (unpaired) electrons. The maximum atomic E-state index is 12.4. The van der Waals surface area contributed by atoms with Gasteiger partial charge in [-0.1, -0.05) is 17.7 Å². The Bertz CT molecular complexity index is 483. The molecule has 1 heterocycles. The van der Waals surface area contributed by atoms with Crippen LogP contribution in [0.1, 0.15) is 35.7 Å². The maximum absolute atomic E-state index is 12.4. The third-order valence-electron chi connectivity index (χ3n) is 4.28. The Kier molecular flexibility index (Phi) is 5.37. The molecule has 21 heavy (non-hydrogen) atoms. The van der Waals surface area contributed by atoms with Crippen molar-refractivity contribution in [2.45, 2.75) is 38.8 Å². The third-order valence-corrected chi connectivity index (χ3v) is 4.28. The van der Waals surface area contributed by atoms with Crippen LogP contribution >= 0.6 is 0 Å². The quantitative estimate of drug-likeness (QED) is 0.870. The zero-order valence-electron chi connectivity index (χ0n) is 13.2. The van der Waals surface area contributed by atoms with Gasteiger partial charge in [-0.05, 0) is 45.4 Å². The van der Waals surface area contributed by atoms with Crippen molar-refractivity contribution in [3.05, 3.63) is 35.4 Å². The molecule has 0 aliphatic carbocycles. The fourth-order valence-electron chi connectivity index (χ4n) is 2.71. The molecule has 1 aromatic carbocycles. The topological polar surface area (TPSA) is 43.8 Å². The van der Waals surface area contributed by atoms with E-state index in [0.717, 1.165) is 43.6 Å². The Hall–Kier alpha value is -1.39. The zero-order valence-corrected chi connectivity index (χ0v) is 13.2. The van der Waals surface area contributed by atoms with Gasteiger partial charge in [-0.25, -0.2) is 0 Å². The van der Waals surface area contributed by atoms with Crippen molar-refractivity contribution < 1.29 is 9.90 Å². The van der Waals surface area contributed by atoms with Crippen molar-refractivity contribution in [2.75, 3.05) is 26.7 Å². The highest BCUT2D eigenvalue weighted by atomic mass is 16.3. The van der Waals surface area contributed by atoms with E-state index in [1.807, 2.05) is 43.1 Å². The summed E-state index contributed by atoms with van der Waals surface area (Å²) >= 11 is 0. The van der Waals surface area contributed by atoms with E-state index in [0.29, 0.717) is 0 Å². The van der Waals surface area contributed by atoms with Gasteiger partial charge >= 0.3 is 0 Å². The SMILES string of the molecule is Cc1cccc(C(=O)N(C)C(C)CCCN2CC(O)C2)c1. The van der Waals surface area contributed by atoms with Crippen molar-refractivity contribution in [3.8, 4) is 0 Å². The van der Waals surface area contributed by atoms with Gasteiger partial charge in [0.1, 0.15) is 0 Å². The Labute approximate surface area is 127 Å². The first kappa shape index (κ1) is 16.0. The maximum Gasteiger partial charge on any atom is 0.253 e. The number of nitrogens with zero attached hydrogens (tertiary/aromatic N) is 2. The highest BCUT2D eigenvalue weighted by Gasteiger charge is 2.24. The summed E-state index contributed by atoms with van der Waals surface area (Å²) in [5, 5.41) is 9.24. The molecule has 4 heteroatoms. The van der Waals surface area contributed by atoms with Crippen LogP contribution in [-0.2, 0) is 0 Å². The van der Waals surface area contributed by atoms with E-state index in [4.69, 9.17) is 0 Å². The molecule has 2 rings (SSSR count). The van der Waals surface area contributed by atoms with Crippen LogP contribution in [0.2, 0.25) is 0 Å². The van der Waals surface area contributed by atoms with Crippen LogP contribution in [0.25, 0.3) is 0 Å². The van der Waals surface area contributed by atoms with Gasteiger partial charge in [0.15, 0.2) is 0 Å². The van der Waals surface area contributed by atoms with Crippen LogP contribution < -0.4 is 0 Å². The van der Waals surface area contributed by atoms with E-state index in [1.165, 1.54) is 0 Å². The average Bonchev–Trinajstić information content (AvgIpc) is 2.43. The Morgan fingerprint density at radius 3 is 2.81 bits per heavy atom. The first-order valence-electron chi connectivity index (χ1n) is 7.71. The molecular formula is C17H26N2O2. The van der Waals surface area contributed by atoms with E-state index in [-0.39, 0.29) is 18.1 Å². The molecule has 1 N–H and O–H groups in total. The second kappa shape index (κ2) is 7.05. The molecule has 1 fully saturated rings. The fraction of sp³-hybridized carbons (Fsp3) is 0.588. The summed E-state index contributed by atoms with van der Waals surface area (Å²) in [4.78, 5) is 16.5. The molecule has 1 unspecified atom stereocenters. The summed E-state index contributed by atoms with van der Waals surface area (Å²) in [6.07, 6.45) is 1.91. The van der Waals surface area contributed by atoms with E-state index in [1.54, 1.807) is 0 Å². The van der Waals surface area contributed by atoms with Gasteiger partial charge in [-0.2, -0.15) is 0 Å². The minimum absolute atomic E-state index is 0.0885. The number of aryl methyl sites for hydroxylation is 1. The van der Waals surface area contributed by atoms with Gasteiger partial charge in [0.05, 0.1) is 6.10 Å². The molecule has 1 aliphatic heterocycles. The predicted octanol–water partition coefficient (Wildman–Crippen LogP) is 1.91. The van der Waals surface area contributed by atoms with Crippen molar-refractivity contribution in [1.29, 1.82) is 0 Å². The molecule has 0 saturated carbocycles. The molecule has 4 nitrogen and oxygen atoms in total. The number of carbonyl (C=O) groups is 1. The summed E-state index contributed by atoms with van der Waals surface area (Å²) in [7, 11) is 1.88. The number of likely N-dealkylation sites (tertiary alicyclic amines) is 1. The molecule has 116 valence electrons. The summed E-state index contributed by atoms with van der Waals surface area (Å²) < 4.78 is 0. The second-order valence-corrected chi connectivity index (χ2v) is 6.19. The highest BCUT2D eigenvalue weighted by molar-refractivity contribution is 5.94. The van der Waals surface area contributed by atoms with E-state index >= 15 is 0 Å². The lowest BCUT2D eigenvalue weighted by atomic mass is 10.1.